The summed E-state index contributed by atoms with van der Waals surface area (Å²) in [6.07, 6.45) is 11.7. The van der Waals surface area contributed by atoms with Gasteiger partial charge in [-0.3, -0.25) is 0 Å². The van der Waals surface area contributed by atoms with Crippen molar-refractivity contribution in [2.45, 2.75) is 75.2 Å². The SMILES string of the molecule is NC1CCCC1c1nc(C23CC4CC(CC(C4)C2)C3)no1. The molecule has 4 nitrogen and oxygen atoms in total. The van der Waals surface area contributed by atoms with Crippen molar-refractivity contribution in [1.82, 2.24) is 10.1 Å². The zero-order valence-corrected chi connectivity index (χ0v) is 12.6. The maximum atomic E-state index is 6.20. The highest BCUT2D eigenvalue weighted by Gasteiger charge is 2.54. The second kappa shape index (κ2) is 4.31. The van der Waals surface area contributed by atoms with Gasteiger partial charge in [0.2, 0.25) is 5.89 Å². The fraction of sp³-hybridized carbons (Fsp3) is 0.882. The van der Waals surface area contributed by atoms with Crippen LogP contribution in [-0.4, -0.2) is 16.2 Å². The number of nitrogens with zero attached hydrogens (tertiary/aromatic N) is 2. The van der Waals surface area contributed by atoms with Crippen molar-refractivity contribution in [1.29, 1.82) is 0 Å². The van der Waals surface area contributed by atoms with E-state index < -0.39 is 0 Å². The normalized spacial score (nSPS) is 48.1. The van der Waals surface area contributed by atoms with Crippen LogP contribution in [0.3, 0.4) is 0 Å². The highest BCUT2D eigenvalue weighted by atomic mass is 16.5. The van der Waals surface area contributed by atoms with E-state index in [9.17, 15) is 0 Å². The molecule has 5 fully saturated rings. The molecule has 4 heteroatoms. The van der Waals surface area contributed by atoms with Crippen molar-refractivity contribution < 1.29 is 4.52 Å². The molecule has 2 N–H and O–H groups in total. The lowest BCUT2D eigenvalue weighted by Crippen LogP contribution is -2.49. The molecule has 4 bridgehead atoms. The smallest absolute Gasteiger partial charge is 0.231 e. The summed E-state index contributed by atoms with van der Waals surface area (Å²) >= 11 is 0. The lowest BCUT2D eigenvalue weighted by Gasteiger charge is -2.55. The van der Waals surface area contributed by atoms with E-state index in [1.54, 1.807) is 0 Å². The number of aromatic nitrogens is 2. The van der Waals surface area contributed by atoms with Crippen LogP contribution >= 0.6 is 0 Å². The van der Waals surface area contributed by atoms with E-state index in [0.717, 1.165) is 42.3 Å². The molecule has 2 atom stereocenters. The van der Waals surface area contributed by atoms with Crippen molar-refractivity contribution in [3.05, 3.63) is 11.7 Å². The molecule has 0 aliphatic heterocycles. The van der Waals surface area contributed by atoms with Gasteiger partial charge in [-0.05, 0) is 69.1 Å². The first kappa shape index (κ1) is 12.6. The van der Waals surface area contributed by atoms with Crippen LogP contribution in [-0.2, 0) is 5.41 Å². The monoisotopic (exact) mass is 287 g/mol. The predicted octanol–water partition coefficient (Wildman–Crippen LogP) is 3.13. The van der Waals surface area contributed by atoms with Crippen molar-refractivity contribution >= 4 is 0 Å². The predicted molar refractivity (Wildman–Crippen MR) is 78.7 cm³/mol. The molecule has 114 valence electrons. The van der Waals surface area contributed by atoms with E-state index in [1.165, 1.54) is 44.9 Å². The minimum absolute atomic E-state index is 0.217. The van der Waals surface area contributed by atoms with E-state index in [0.29, 0.717) is 5.92 Å². The Bertz CT molecular complexity index is 517. The average Bonchev–Trinajstić information content (AvgIpc) is 3.05. The third kappa shape index (κ3) is 1.84. The first-order valence-electron chi connectivity index (χ1n) is 8.81. The zero-order valence-electron chi connectivity index (χ0n) is 12.6. The summed E-state index contributed by atoms with van der Waals surface area (Å²) in [6.45, 7) is 0. The summed E-state index contributed by atoms with van der Waals surface area (Å²) in [5.41, 5.74) is 6.45. The second-order valence-electron chi connectivity index (χ2n) is 8.36. The lowest BCUT2D eigenvalue weighted by molar-refractivity contribution is -0.0103. The number of nitrogens with two attached hydrogens (primary N) is 1. The molecule has 1 aromatic heterocycles. The van der Waals surface area contributed by atoms with Gasteiger partial charge in [-0.1, -0.05) is 11.6 Å². The van der Waals surface area contributed by atoms with Gasteiger partial charge < -0.3 is 10.3 Å². The molecule has 0 amide bonds. The number of hydrogen-bond acceptors (Lipinski definition) is 4. The van der Waals surface area contributed by atoms with Crippen LogP contribution in [0.2, 0.25) is 0 Å². The standard InChI is InChI=1S/C17H25N3O/c18-14-3-1-2-13(14)15-19-16(20-21-15)17-7-10-4-11(8-17)6-12(5-10)9-17/h10-14H,1-9,18H2. The summed E-state index contributed by atoms with van der Waals surface area (Å²) in [6, 6.07) is 0.217. The molecule has 0 saturated heterocycles. The van der Waals surface area contributed by atoms with Crippen LogP contribution in [0.4, 0.5) is 0 Å². The highest BCUT2D eigenvalue weighted by Crippen LogP contribution is 2.60. The molecule has 5 aliphatic carbocycles. The lowest BCUT2D eigenvalue weighted by atomic mass is 9.49. The maximum Gasteiger partial charge on any atom is 0.231 e. The van der Waals surface area contributed by atoms with Crippen LogP contribution in [0.5, 0.6) is 0 Å². The molecule has 2 unspecified atom stereocenters. The van der Waals surface area contributed by atoms with Crippen molar-refractivity contribution in [2.24, 2.45) is 23.5 Å². The summed E-state index contributed by atoms with van der Waals surface area (Å²) < 4.78 is 5.67. The molecule has 0 radical (unpaired) electrons. The topological polar surface area (TPSA) is 64.9 Å². The molecule has 1 heterocycles. The largest absolute Gasteiger partial charge is 0.339 e. The van der Waals surface area contributed by atoms with Crippen molar-refractivity contribution in [2.75, 3.05) is 0 Å². The summed E-state index contributed by atoms with van der Waals surface area (Å²) in [7, 11) is 0. The Morgan fingerprint density at radius 2 is 1.67 bits per heavy atom. The summed E-state index contributed by atoms with van der Waals surface area (Å²) in [5.74, 6) is 4.92. The molecule has 0 spiro atoms. The van der Waals surface area contributed by atoms with Gasteiger partial charge in [-0.2, -0.15) is 4.98 Å². The Morgan fingerprint density at radius 3 is 2.24 bits per heavy atom. The third-order valence-corrected chi connectivity index (χ3v) is 6.84. The number of hydrogen-bond donors (Lipinski definition) is 1. The first-order valence-corrected chi connectivity index (χ1v) is 8.81. The van der Waals surface area contributed by atoms with E-state index in [2.05, 4.69) is 5.16 Å². The van der Waals surface area contributed by atoms with Gasteiger partial charge in [-0.15, -0.1) is 0 Å². The third-order valence-electron chi connectivity index (χ3n) is 6.84. The Balaban J connectivity index is 1.46. The molecular formula is C17H25N3O. The molecule has 1 aromatic rings. The summed E-state index contributed by atoms with van der Waals surface area (Å²) in [4.78, 5) is 4.87. The molecule has 21 heavy (non-hydrogen) atoms. The molecule has 5 aliphatic rings. The van der Waals surface area contributed by atoms with Crippen LogP contribution in [0.15, 0.2) is 4.52 Å². The van der Waals surface area contributed by atoms with E-state index in [-0.39, 0.29) is 11.5 Å². The van der Waals surface area contributed by atoms with Gasteiger partial charge in [0.05, 0.1) is 5.92 Å². The quantitative estimate of drug-likeness (QED) is 0.907. The first-order chi connectivity index (χ1) is 10.2. The van der Waals surface area contributed by atoms with Crippen LogP contribution in [0.1, 0.15) is 75.4 Å². The molecular weight excluding hydrogens is 262 g/mol. The minimum Gasteiger partial charge on any atom is -0.339 e. The van der Waals surface area contributed by atoms with Crippen molar-refractivity contribution in [3.8, 4) is 0 Å². The maximum absolute atomic E-state index is 6.20. The Kier molecular flexibility index (Phi) is 2.59. The molecule has 5 saturated carbocycles. The van der Waals surface area contributed by atoms with Gasteiger partial charge in [0, 0.05) is 11.5 Å². The van der Waals surface area contributed by atoms with Gasteiger partial charge >= 0.3 is 0 Å². The Hall–Kier alpha value is -0.900. The second-order valence-corrected chi connectivity index (χ2v) is 8.36. The Morgan fingerprint density at radius 1 is 1.00 bits per heavy atom. The van der Waals surface area contributed by atoms with Crippen LogP contribution in [0, 0.1) is 17.8 Å². The van der Waals surface area contributed by atoms with Crippen LogP contribution in [0.25, 0.3) is 0 Å². The van der Waals surface area contributed by atoms with Gasteiger partial charge in [0.1, 0.15) is 0 Å². The number of rotatable bonds is 2. The average molecular weight is 287 g/mol. The van der Waals surface area contributed by atoms with E-state index in [1.807, 2.05) is 0 Å². The van der Waals surface area contributed by atoms with Gasteiger partial charge in [0.15, 0.2) is 5.82 Å². The molecule has 0 aromatic carbocycles. The zero-order chi connectivity index (χ0) is 14.0. The van der Waals surface area contributed by atoms with Gasteiger partial charge in [-0.25, -0.2) is 0 Å². The Labute approximate surface area is 125 Å². The van der Waals surface area contributed by atoms with Crippen LogP contribution < -0.4 is 5.73 Å². The fourth-order valence-electron chi connectivity index (χ4n) is 6.28. The molecule has 6 rings (SSSR count). The van der Waals surface area contributed by atoms with Gasteiger partial charge in [0.25, 0.3) is 0 Å². The van der Waals surface area contributed by atoms with E-state index in [4.69, 9.17) is 15.2 Å². The highest BCUT2D eigenvalue weighted by molar-refractivity contribution is 5.17. The summed E-state index contributed by atoms with van der Waals surface area (Å²) in [5, 5.41) is 4.44. The van der Waals surface area contributed by atoms with Crippen molar-refractivity contribution in [3.63, 3.8) is 0 Å². The van der Waals surface area contributed by atoms with E-state index >= 15 is 0 Å². The fourth-order valence-corrected chi connectivity index (χ4v) is 6.28. The minimum atomic E-state index is 0.217.